The topological polar surface area (TPSA) is 66.4 Å². The lowest BCUT2D eigenvalue weighted by molar-refractivity contribution is -0.141. The van der Waals surface area contributed by atoms with Crippen molar-refractivity contribution in [1.29, 1.82) is 0 Å². The van der Waals surface area contributed by atoms with E-state index < -0.39 is 5.97 Å². The molecule has 0 bridgehead atoms. The van der Waals surface area contributed by atoms with E-state index in [0.717, 1.165) is 22.9 Å². The predicted octanol–water partition coefficient (Wildman–Crippen LogP) is 3.39. The summed E-state index contributed by atoms with van der Waals surface area (Å²) >= 11 is 3.52. The van der Waals surface area contributed by atoms with Crippen LogP contribution in [0.15, 0.2) is 28.7 Å². The molecule has 2 rings (SSSR count). The van der Waals surface area contributed by atoms with Gasteiger partial charge in [0.15, 0.2) is 0 Å². The third-order valence-electron chi connectivity index (χ3n) is 4.42. The molecular weight excluding hydrogens is 346 g/mol. The van der Waals surface area contributed by atoms with Gasteiger partial charge in [-0.2, -0.15) is 0 Å². The van der Waals surface area contributed by atoms with Gasteiger partial charge < -0.3 is 10.4 Å². The first kappa shape index (κ1) is 17.0. The van der Waals surface area contributed by atoms with E-state index in [9.17, 15) is 9.59 Å². The van der Waals surface area contributed by atoms with Gasteiger partial charge in [-0.1, -0.05) is 41.1 Å². The van der Waals surface area contributed by atoms with Gasteiger partial charge in [0.1, 0.15) is 0 Å². The molecule has 1 unspecified atom stereocenters. The summed E-state index contributed by atoms with van der Waals surface area (Å²) in [5.74, 6) is -1.11. The van der Waals surface area contributed by atoms with Crippen LogP contribution >= 0.6 is 15.9 Å². The minimum Gasteiger partial charge on any atom is -0.481 e. The van der Waals surface area contributed by atoms with Crippen molar-refractivity contribution in [3.05, 3.63) is 34.3 Å². The summed E-state index contributed by atoms with van der Waals surface area (Å²) < 4.78 is 1.02. The van der Waals surface area contributed by atoms with Crippen molar-refractivity contribution >= 4 is 27.8 Å². The number of hydrogen-bond donors (Lipinski definition) is 2. The van der Waals surface area contributed by atoms with E-state index in [1.807, 2.05) is 31.2 Å². The highest BCUT2D eigenvalue weighted by atomic mass is 79.9. The average molecular weight is 368 g/mol. The fourth-order valence-corrected chi connectivity index (χ4v) is 3.45. The van der Waals surface area contributed by atoms with Crippen molar-refractivity contribution in [2.75, 3.05) is 0 Å². The number of carboxylic acids is 1. The summed E-state index contributed by atoms with van der Waals surface area (Å²) in [6.45, 7) is 2.01. The normalized spacial score (nSPS) is 22.3. The molecule has 1 fully saturated rings. The van der Waals surface area contributed by atoms with E-state index in [1.165, 1.54) is 0 Å². The minimum atomic E-state index is -0.753. The number of hydrogen-bond acceptors (Lipinski definition) is 2. The Labute approximate surface area is 139 Å². The number of halogens is 1. The van der Waals surface area contributed by atoms with Gasteiger partial charge in [0.05, 0.1) is 5.92 Å². The molecule has 0 radical (unpaired) electrons. The molecule has 1 aromatic carbocycles. The molecule has 2 N–H and O–H groups in total. The molecule has 0 saturated heterocycles. The predicted molar refractivity (Wildman–Crippen MR) is 88.5 cm³/mol. The summed E-state index contributed by atoms with van der Waals surface area (Å²) in [5, 5.41) is 12.1. The van der Waals surface area contributed by atoms with E-state index in [-0.39, 0.29) is 23.8 Å². The monoisotopic (exact) mass is 367 g/mol. The molecule has 0 aromatic heterocycles. The Bertz CT molecular complexity index is 546. The van der Waals surface area contributed by atoms with Gasteiger partial charge in [0.2, 0.25) is 5.91 Å². The molecule has 1 aliphatic carbocycles. The maximum absolute atomic E-state index is 12.4. The van der Waals surface area contributed by atoms with Crippen LogP contribution in [0.5, 0.6) is 0 Å². The molecule has 120 valence electrons. The highest BCUT2D eigenvalue weighted by molar-refractivity contribution is 9.10. The molecule has 4 nitrogen and oxygen atoms in total. The van der Waals surface area contributed by atoms with Crippen molar-refractivity contribution in [2.24, 2.45) is 11.8 Å². The molecule has 3 atom stereocenters. The lowest BCUT2D eigenvalue weighted by Crippen LogP contribution is -2.38. The third kappa shape index (κ3) is 4.32. The quantitative estimate of drug-likeness (QED) is 0.809. The van der Waals surface area contributed by atoms with Crippen LogP contribution in [0, 0.1) is 11.8 Å². The van der Waals surface area contributed by atoms with Gasteiger partial charge in [-0.15, -0.1) is 0 Å². The summed E-state index contributed by atoms with van der Waals surface area (Å²) in [4.78, 5) is 23.4. The zero-order valence-electron chi connectivity index (χ0n) is 12.7. The number of nitrogens with one attached hydrogen (secondary N) is 1. The fraction of sp³-hybridized carbons (Fsp3) is 0.529. The number of carbonyl (C=O) groups excluding carboxylic acids is 1. The Balaban J connectivity index is 1.92. The van der Waals surface area contributed by atoms with Gasteiger partial charge >= 0.3 is 5.97 Å². The summed E-state index contributed by atoms with van der Waals surface area (Å²) in [6.07, 6.45) is 3.42. The van der Waals surface area contributed by atoms with Gasteiger partial charge in [0, 0.05) is 16.4 Å². The summed E-state index contributed by atoms with van der Waals surface area (Å²) in [7, 11) is 0. The van der Waals surface area contributed by atoms with E-state index in [1.54, 1.807) is 0 Å². The highest BCUT2D eigenvalue weighted by Crippen LogP contribution is 2.27. The molecule has 0 spiro atoms. The maximum Gasteiger partial charge on any atom is 0.306 e. The molecule has 1 aromatic rings. The van der Waals surface area contributed by atoms with E-state index in [2.05, 4.69) is 21.2 Å². The molecule has 1 saturated carbocycles. The molecule has 1 aliphatic rings. The van der Waals surface area contributed by atoms with Crippen LogP contribution in [-0.2, 0) is 16.0 Å². The summed E-state index contributed by atoms with van der Waals surface area (Å²) in [5.41, 5.74) is 1.12. The second kappa shape index (κ2) is 7.77. The highest BCUT2D eigenvalue weighted by Gasteiger charge is 2.31. The third-order valence-corrected chi connectivity index (χ3v) is 5.19. The number of carbonyl (C=O) groups is 2. The zero-order valence-corrected chi connectivity index (χ0v) is 14.3. The van der Waals surface area contributed by atoms with Crippen LogP contribution in [0.1, 0.15) is 38.2 Å². The standard InChI is InChI=1S/C17H22BrNO3/c1-2-11(9-12-5-3-4-6-15(12)18)16(20)19-14-8-7-13(10-14)17(21)22/h3-6,11,13-14H,2,7-10H2,1H3,(H,19,20)(H,21,22)/t11?,13-,14+/m0/s1. The summed E-state index contributed by atoms with van der Waals surface area (Å²) in [6, 6.07) is 7.94. The second-order valence-corrected chi connectivity index (χ2v) is 6.81. The van der Waals surface area contributed by atoms with Crippen molar-refractivity contribution in [3.8, 4) is 0 Å². The number of aliphatic carboxylic acids is 1. The van der Waals surface area contributed by atoms with Gasteiger partial charge in [0.25, 0.3) is 0 Å². The van der Waals surface area contributed by atoms with E-state index in [0.29, 0.717) is 19.3 Å². The SMILES string of the molecule is CCC(Cc1ccccc1Br)C(=O)N[C@@H]1CC[C@H](C(=O)O)C1. The average Bonchev–Trinajstić information content (AvgIpc) is 2.95. The van der Waals surface area contributed by atoms with Gasteiger partial charge in [-0.25, -0.2) is 0 Å². The Morgan fingerprint density at radius 1 is 1.36 bits per heavy atom. The fourth-order valence-electron chi connectivity index (χ4n) is 3.01. The van der Waals surface area contributed by atoms with Crippen LogP contribution in [0.3, 0.4) is 0 Å². The van der Waals surface area contributed by atoms with Crippen LogP contribution < -0.4 is 5.32 Å². The van der Waals surface area contributed by atoms with Crippen LogP contribution in [0.25, 0.3) is 0 Å². The van der Waals surface area contributed by atoms with Crippen molar-refractivity contribution in [2.45, 2.75) is 45.1 Å². The van der Waals surface area contributed by atoms with E-state index in [4.69, 9.17) is 5.11 Å². The Hall–Kier alpha value is -1.36. The number of benzene rings is 1. The first-order valence-electron chi connectivity index (χ1n) is 7.77. The largest absolute Gasteiger partial charge is 0.481 e. The van der Waals surface area contributed by atoms with Crippen molar-refractivity contribution < 1.29 is 14.7 Å². The Morgan fingerprint density at radius 2 is 2.09 bits per heavy atom. The first-order valence-corrected chi connectivity index (χ1v) is 8.57. The molecular formula is C17H22BrNO3. The number of rotatable bonds is 6. The lowest BCUT2D eigenvalue weighted by Gasteiger charge is -2.19. The van der Waals surface area contributed by atoms with Crippen LogP contribution in [-0.4, -0.2) is 23.0 Å². The van der Waals surface area contributed by atoms with Crippen molar-refractivity contribution in [1.82, 2.24) is 5.32 Å². The Kier molecular flexibility index (Phi) is 6.00. The molecule has 1 amide bonds. The number of amides is 1. The molecule has 0 heterocycles. The molecule has 5 heteroatoms. The lowest BCUT2D eigenvalue weighted by atomic mass is 9.95. The molecule has 0 aliphatic heterocycles. The minimum absolute atomic E-state index is 0.00173. The van der Waals surface area contributed by atoms with Crippen LogP contribution in [0.4, 0.5) is 0 Å². The van der Waals surface area contributed by atoms with E-state index >= 15 is 0 Å². The number of carboxylic acid groups (broad SMARTS) is 1. The first-order chi connectivity index (χ1) is 10.5. The smallest absolute Gasteiger partial charge is 0.306 e. The molecule has 22 heavy (non-hydrogen) atoms. The van der Waals surface area contributed by atoms with Crippen molar-refractivity contribution in [3.63, 3.8) is 0 Å². The Morgan fingerprint density at radius 3 is 2.68 bits per heavy atom. The maximum atomic E-state index is 12.4. The van der Waals surface area contributed by atoms with Crippen LogP contribution in [0.2, 0.25) is 0 Å². The van der Waals surface area contributed by atoms with Gasteiger partial charge in [-0.3, -0.25) is 9.59 Å². The second-order valence-electron chi connectivity index (χ2n) is 5.95. The van der Waals surface area contributed by atoms with Gasteiger partial charge in [-0.05, 0) is 43.7 Å². The zero-order chi connectivity index (χ0) is 16.1.